The molecule has 1 N–H and O–H groups in total. The molecule has 0 radical (unpaired) electrons. The zero-order chi connectivity index (χ0) is 15.5. The molecule has 0 amide bonds. The van der Waals surface area contributed by atoms with E-state index in [0.717, 1.165) is 16.7 Å². The Labute approximate surface area is 138 Å². The monoisotopic (exact) mass is 362 g/mol. The van der Waals surface area contributed by atoms with Crippen molar-refractivity contribution in [1.29, 1.82) is 0 Å². The van der Waals surface area contributed by atoms with Gasteiger partial charge >= 0.3 is 0 Å². The van der Waals surface area contributed by atoms with Gasteiger partial charge in [0.15, 0.2) is 0 Å². The Morgan fingerprint density at radius 2 is 2.09 bits per heavy atom. The van der Waals surface area contributed by atoms with Gasteiger partial charge in [0.25, 0.3) is 0 Å². The van der Waals surface area contributed by atoms with E-state index in [1.807, 2.05) is 24.4 Å². The second kappa shape index (κ2) is 6.77. The number of aromatic nitrogens is 1. The first-order chi connectivity index (χ1) is 10.7. The van der Waals surface area contributed by atoms with Crippen molar-refractivity contribution in [3.05, 3.63) is 58.2 Å². The van der Waals surface area contributed by atoms with Crippen LogP contribution in [-0.4, -0.2) is 42.5 Å². The fourth-order valence-corrected chi connectivity index (χ4v) is 3.12. The van der Waals surface area contributed by atoms with Gasteiger partial charge in [-0.25, -0.2) is 4.98 Å². The highest BCUT2D eigenvalue weighted by Gasteiger charge is 2.32. The summed E-state index contributed by atoms with van der Waals surface area (Å²) < 4.78 is 6.30. The van der Waals surface area contributed by atoms with Crippen molar-refractivity contribution in [2.24, 2.45) is 0 Å². The van der Waals surface area contributed by atoms with E-state index in [1.54, 1.807) is 7.11 Å². The Balaban J connectivity index is 1.81. The number of pyridine rings is 1. The molecule has 0 saturated carbocycles. The van der Waals surface area contributed by atoms with E-state index in [0.29, 0.717) is 13.1 Å². The summed E-state index contributed by atoms with van der Waals surface area (Å²) in [6.07, 6.45) is 2.07. The number of halogens is 1. The van der Waals surface area contributed by atoms with E-state index in [9.17, 15) is 5.11 Å². The summed E-state index contributed by atoms with van der Waals surface area (Å²) in [4.78, 5) is 6.55. The van der Waals surface area contributed by atoms with Crippen LogP contribution in [-0.2, 0) is 11.2 Å². The lowest BCUT2D eigenvalue weighted by Gasteiger charge is -2.18. The van der Waals surface area contributed by atoms with E-state index in [-0.39, 0.29) is 6.10 Å². The SMILES string of the molecule is COC1CN(c2cc(Cc3ccccc3)c(Br)cn2)CC1O. The highest BCUT2D eigenvalue weighted by molar-refractivity contribution is 9.10. The van der Waals surface area contributed by atoms with E-state index in [2.05, 4.69) is 44.0 Å². The Morgan fingerprint density at radius 3 is 2.77 bits per heavy atom. The second-order valence-electron chi connectivity index (χ2n) is 5.54. The minimum Gasteiger partial charge on any atom is -0.388 e. The summed E-state index contributed by atoms with van der Waals surface area (Å²) in [5, 5.41) is 9.98. The van der Waals surface area contributed by atoms with Crippen molar-refractivity contribution < 1.29 is 9.84 Å². The van der Waals surface area contributed by atoms with E-state index >= 15 is 0 Å². The van der Waals surface area contributed by atoms with Gasteiger partial charge in [0, 0.05) is 30.9 Å². The summed E-state index contributed by atoms with van der Waals surface area (Å²) in [6.45, 7) is 1.22. The molecule has 1 aliphatic rings. The van der Waals surface area contributed by atoms with Gasteiger partial charge in [-0.3, -0.25) is 0 Å². The number of β-amino-alcohol motifs (C(OH)–C–C–N with tert-alkyl or cyclic N) is 1. The maximum atomic E-state index is 9.98. The first kappa shape index (κ1) is 15.5. The molecule has 2 heterocycles. The van der Waals surface area contributed by atoms with Crippen LogP contribution in [0.5, 0.6) is 0 Å². The average Bonchev–Trinajstić information content (AvgIpc) is 2.91. The maximum Gasteiger partial charge on any atom is 0.129 e. The van der Waals surface area contributed by atoms with Crippen LogP contribution in [0.15, 0.2) is 47.1 Å². The number of rotatable bonds is 4. The Hall–Kier alpha value is -1.43. The number of nitrogens with zero attached hydrogens (tertiary/aromatic N) is 2. The fraction of sp³-hybridized carbons (Fsp3) is 0.353. The van der Waals surface area contributed by atoms with Gasteiger partial charge in [-0.1, -0.05) is 30.3 Å². The number of aliphatic hydroxyl groups excluding tert-OH is 1. The number of benzene rings is 1. The predicted octanol–water partition coefficient (Wildman–Crippen LogP) is 2.63. The zero-order valence-electron chi connectivity index (χ0n) is 12.4. The lowest BCUT2D eigenvalue weighted by atomic mass is 10.1. The summed E-state index contributed by atoms with van der Waals surface area (Å²) in [5.74, 6) is 0.882. The molecule has 1 aromatic heterocycles. The highest BCUT2D eigenvalue weighted by Crippen LogP contribution is 2.26. The number of hydrogen-bond acceptors (Lipinski definition) is 4. The quantitative estimate of drug-likeness (QED) is 0.907. The maximum absolute atomic E-state index is 9.98. The van der Waals surface area contributed by atoms with Crippen LogP contribution in [0.25, 0.3) is 0 Å². The lowest BCUT2D eigenvalue weighted by Crippen LogP contribution is -2.25. The number of methoxy groups -OCH3 is 1. The standard InChI is InChI=1S/C17H19BrN2O2/c1-22-16-11-20(10-15(16)21)17-8-13(14(18)9-19-17)7-12-5-3-2-4-6-12/h2-6,8-9,15-16,21H,7,10-11H2,1H3. The summed E-state index contributed by atoms with van der Waals surface area (Å²) in [6, 6.07) is 12.4. The van der Waals surface area contributed by atoms with E-state index in [4.69, 9.17) is 4.74 Å². The molecule has 1 saturated heterocycles. The van der Waals surface area contributed by atoms with Crippen LogP contribution in [0.2, 0.25) is 0 Å². The number of anilines is 1. The molecule has 0 aliphatic carbocycles. The van der Waals surface area contributed by atoms with Gasteiger partial charge in [-0.05, 0) is 39.5 Å². The summed E-state index contributed by atoms with van der Waals surface area (Å²) in [7, 11) is 1.63. The molecule has 2 aromatic rings. The van der Waals surface area contributed by atoms with Crippen molar-refractivity contribution in [3.8, 4) is 0 Å². The van der Waals surface area contributed by atoms with Crippen molar-refractivity contribution in [2.75, 3.05) is 25.1 Å². The first-order valence-electron chi connectivity index (χ1n) is 7.31. The molecule has 1 aromatic carbocycles. The third-order valence-electron chi connectivity index (χ3n) is 4.02. The molecule has 5 heteroatoms. The fourth-order valence-electron chi connectivity index (χ4n) is 2.77. The largest absolute Gasteiger partial charge is 0.388 e. The molecule has 116 valence electrons. The van der Waals surface area contributed by atoms with Crippen LogP contribution in [0, 0.1) is 0 Å². The van der Waals surface area contributed by atoms with Crippen molar-refractivity contribution >= 4 is 21.7 Å². The highest BCUT2D eigenvalue weighted by atomic mass is 79.9. The molecule has 4 nitrogen and oxygen atoms in total. The number of aliphatic hydroxyl groups is 1. The average molecular weight is 363 g/mol. The van der Waals surface area contributed by atoms with Crippen LogP contribution in [0.3, 0.4) is 0 Å². The molecule has 22 heavy (non-hydrogen) atoms. The minimum absolute atomic E-state index is 0.150. The molecule has 3 rings (SSSR count). The Morgan fingerprint density at radius 1 is 1.32 bits per heavy atom. The van der Waals surface area contributed by atoms with Crippen molar-refractivity contribution in [3.63, 3.8) is 0 Å². The normalized spacial score (nSPS) is 21.3. The van der Waals surface area contributed by atoms with Crippen LogP contribution < -0.4 is 4.90 Å². The van der Waals surface area contributed by atoms with Crippen molar-refractivity contribution in [1.82, 2.24) is 4.98 Å². The summed E-state index contributed by atoms with van der Waals surface area (Å²) >= 11 is 3.58. The Kier molecular flexibility index (Phi) is 4.76. The zero-order valence-corrected chi connectivity index (χ0v) is 14.0. The van der Waals surface area contributed by atoms with Gasteiger partial charge in [-0.15, -0.1) is 0 Å². The molecule has 1 aliphatic heterocycles. The molecule has 0 spiro atoms. The van der Waals surface area contributed by atoms with Gasteiger partial charge < -0.3 is 14.7 Å². The number of ether oxygens (including phenoxy) is 1. The molecule has 1 fully saturated rings. The van der Waals surface area contributed by atoms with E-state index in [1.165, 1.54) is 11.1 Å². The van der Waals surface area contributed by atoms with Gasteiger partial charge in [0.1, 0.15) is 11.9 Å². The molecule has 0 bridgehead atoms. The molecular formula is C17H19BrN2O2. The van der Waals surface area contributed by atoms with Gasteiger partial charge in [0.05, 0.1) is 6.10 Å². The second-order valence-corrected chi connectivity index (χ2v) is 6.40. The third kappa shape index (κ3) is 3.32. The molecular weight excluding hydrogens is 344 g/mol. The van der Waals surface area contributed by atoms with Gasteiger partial charge in [-0.2, -0.15) is 0 Å². The van der Waals surface area contributed by atoms with Crippen LogP contribution in [0.4, 0.5) is 5.82 Å². The van der Waals surface area contributed by atoms with Crippen molar-refractivity contribution in [2.45, 2.75) is 18.6 Å². The third-order valence-corrected chi connectivity index (χ3v) is 4.74. The summed E-state index contributed by atoms with van der Waals surface area (Å²) in [5.41, 5.74) is 2.45. The van der Waals surface area contributed by atoms with Crippen LogP contribution >= 0.6 is 15.9 Å². The number of hydrogen-bond donors (Lipinski definition) is 1. The first-order valence-corrected chi connectivity index (χ1v) is 8.11. The van der Waals surface area contributed by atoms with E-state index < -0.39 is 6.10 Å². The minimum atomic E-state index is -0.465. The predicted molar refractivity (Wildman–Crippen MR) is 90.2 cm³/mol. The lowest BCUT2D eigenvalue weighted by molar-refractivity contribution is 0.0217. The smallest absolute Gasteiger partial charge is 0.129 e. The van der Waals surface area contributed by atoms with Gasteiger partial charge in [0.2, 0.25) is 0 Å². The molecule has 2 unspecified atom stereocenters. The molecule has 2 atom stereocenters. The topological polar surface area (TPSA) is 45.6 Å². The van der Waals surface area contributed by atoms with Crippen LogP contribution in [0.1, 0.15) is 11.1 Å². The Bertz CT molecular complexity index is 636.